The molecule has 1 amide bonds. The zero-order valence-electron chi connectivity index (χ0n) is 18.6. The lowest BCUT2D eigenvalue weighted by Crippen LogP contribution is -2.24. The highest BCUT2D eigenvalue weighted by atomic mass is 16.6. The summed E-state index contributed by atoms with van der Waals surface area (Å²) in [5.74, 6) is 1.09. The van der Waals surface area contributed by atoms with Crippen molar-refractivity contribution in [2.75, 3.05) is 5.01 Å². The van der Waals surface area contributed by atoms with Gasteiger partial charge in [0.25, 0.3) is 11.6 Å². The molecule has 1 aliphatic heterocycles. The number of para-hydroxylation sites is 1. The Morgan fingerprint density at radius 3 is 2.24 bits per heavy atom. The van der Waals surface area contributed by atoms with Crippen molar-refractivity contribution in [2.24, 2.45) is 10.5 Å². The molecule has 1 aliphatic rings. The van der Waals surface area contributed by atoms with E-state index in [1.165, 1.54) is 29.3 Å². The standard InChI is InChI=1S/C26H23N3O4/c1-26(2,3)24-23(25(30)28(27-24)19-12-14-20(15-13-19)29(31)32)17-18-8-7-11-22(16-18)33-21-9-5-4-6-10-21/h4-17H,1-3H3. The second-order valence-electron chi connectivity index (χ2n) is 8.63. The predicted octanol–water partition coefficient (Wildman–Crippen LogP) is 6.22. The molecule has 0 unspecified atom stereocenters. The van der Waals surface area contributed by atoms with Gasteiger partial charge < -0.3 is 4.74 Å². The van der Waals surface area contributed by atoms with E-state index >= 15 is 0 Å². The third-order valence-electron chi connectivity index (χ3n) is 5.04. The summed E-state index contributed by atoms with van der Waals surface area (Å²) in [5.41, 5.74) is 1.94. The number of hydrogen-bond acceptors (Lipinski definition) is 5. The lowest BCUT2D eigenvalue weighted by Gasteiger charge is -2.18. The van der Waals surface area contributed by atoms with Crippen molar-refractivity contribution in [3.8, 4) is 11.5 Å². The molecule has 0 bridgehead atoms. The molecular weight excluding hydrogens is 418 g/mol. The molecule has 0 radical (unpaired) electrons. The zero-order chi connectivity index (χ0) is 23.6. The van der Waals surface area contributed by atoms with Crippen molar-refractivity contribution in [2.45, 2.75) is 20.8 Å². The van der Waals surface area contributed by atoms with Crippen LogP contribution in [0.25, 0.3) is 6.08 Å². The van der Waals surface area contributed by atoms with Crippen molar-refractivity contribution in [1.29, 1.82) is 0 Å². The number of nitro groups is 1. The molecule has 0 saturated carbocycles. The van der Waals surface area contributed by atoms with Crippen molar-refractivity contribution in [3.63, 3.8) is 0 Å². The van der Waals surface area contributed by atoms with Crippen molar-refractivity contribution in [3.05, 3.63) is 100 Å². The van der Waals surface area contributed by atoms with E-state index in [1.807, 2.05) is 75.4 Å². The molecule has 0 saturated heterocycles. The average Bonchev–Trinajstić information content (AvgIpc) is 3.11. The number of rotatable bonds is 5. The van der Waals surface area contributed by atoms with Crippen LogP contribution in [0.5, 0.6) is 11.5 Å². The second kappa shape index (κ2) is 8.70. The molecule has 166 valence electrons. The molecule has 7 heteroatoms. The molecule has 0 atom stereocenters. The van der Waals surface area contributed by atoms with Gasteiger partial charge in [0, 0.05) is 17.5 Å². The van der Waals surface area contributed by atoms with E-state index < -0.39 is 10.3 Å². The number of hydrogen-bond donors (Lipinski definition) is 0. The first-order valence-corrected chi connectivity index (χ1v) is 10.5. The minimum Gasteiger partial charge on any atom is -0.457 e. The van der Waals surface area contributed by atoms with Crippen LogP contribution in [0, 0.1) is 15.5 Å². The topological polar surface area (TPSA) is 85.0 Å². The number of amides is 1. The number of benzene rings is 3. The zero-order valence-corrected chi connectivity index (χ0v) is 18.6. The highest BCUT2D eigenvalue weighted by molar-refractivity contribution is 6.34. The minimum absolute atomic E-state index is 0.0450. The molecular formula is C26H23N3O4. The first kappa shape index (κ1) is 22.0. The lowest BCUT2D eigenvalue weighted by atomic mass is 9.85. The van der Waals surface area contributed by atoms with Gasteiger partial charge >= 0.3 is 0 Å². The van der Waals surface area contributed by atoms with Crippen LogP contribution in [0.4, 0.5) is 11.4 Å². The van der Waals surface area contributed by atoms with Gasteiger partial charge in [-0.15, -0.1) is 0 Å². The van der Waals surface area contributed by atoms with Gasteiger partial charge in [-0.05, 0) is 48.0 Å². The van der Waals surface area contributed by atoms with E-state index in [1.54, 1.807) is 6.08 Å². The third kappa shape index (κ3) is 4.82. The van der Waals surface area contributed by atoms with E-state index in [0.29, 0.717) is 22.7 Å². The molecule has 3 aromatic rings. The molecule has 0 spiro atoms. The molecule has 1 heterocycles. The summed E-state index contributed by atoms with van der Waals surface area (Å²) in [4.78, 5) is 23.8. The fourth-order valence-electron chi connectivity index (χ4n) is 3.45. The number of anilines is 1. The quantitative estimate of drug-likeness (QED) is 0.267. The Labute approximate surface area is 191 Å². The monoisotopic (exact) mass is 441 g/mol. The summed E-state index contributed by atoms with van der Waals surface area (Å²) >= 11 is 0. The largest absolute Gasteiger partial charge is 0.457 e. The lowest BCUT2D eigenvalue weighted by molar-refractivity contribution is -0.384. The minimum atomic E-state index is -0.477. The average molecular weight is 441 g/mol. The fourth-order valence-corrected chi connectivity index (χ4v) is 3.45. The normalized spacial score (nSPS) is 15.0. The number of hydrazone groups is 1. The Morgan fingerprint density at radius 1 is 0.939 bits per heavy atom. The van der Waals surface area contributed by atoms with Crippen LogP contribution in [-0.4, -0.2) is 16.5 Å². The van der Waals surface area contributed by atoms with Gasteiger partial charge in [0.2, 0.25) is 0 Å². The number of nitrogens with zero attached hydrogens (tertiary/aromatic N) is 3. The summed E-state index contributed by atoms with van der Waals surface area (Å²) in [6, 6.07) is 22.7. The summed E-state index contributed by atoms with van der Waals surface area (Å²) in [6.45, 7) is 5.96. The smallest absolute Gasteiger partial charge is 0.280 e. The predicted molar refractivity (Wildman–Crippen MR) is 128 cm³/mol. The summed E-state index contributed by atoms with van der Waals surface area (Å²) in [7, 11) is 0. The van der Waals surface area contributed by atoms with Crippen LogP contribution < -0.4 is 9.75 Å². The maximum absolute atomic E-state index is 13.3. The van der Waals surface area contributed by atoms with Crippen molar-refractivity contribution >= 4 is 29.1 Å². The van der Waals surface area contributed by atoms with E-state index in [4.69, 9.17) is 4.74 Å². The van der Waals surface area contributed by atoms with Crippen LogP contribution in [-0.2, 0) is 4.79 Å². The Morgan fingerprint density at radius 2 is 1.61 bits per heavy atom. The van der Waals surface area contributed by atoms with Gasteiger partial charge in [-0.3, -0.25) is 14.9 Å². The number of non-ortho nitro benzene ring substituents is 1. The van der Waals surface area contributed by atoms with Crippen LogP contribution in [0.3, 0.4) is 0 Å². The molecule has 4 rings (SSSR count). The maximum Gasteiger partial charge on any atom is 0.280 e. The van der Waals surface area contributed by atoms with Crippen molar-refractivity contribution in [1.82, 2.24) is 0 Å². The Balaban J connectivity index is 1.67. The molecule has 7 nitrogen and oxygen atoms in total. The summed E-state index contributed by atoms with van der Waals surface area (Å²) < 4.78 is 5.92. The molecule has 33 heavy (non-hydrogen) atoms. The van der Waals surface area contributed by atoms with E-state index in [-0.39, 0.29) is 11.6 Å². The van der Waals surface area contributed by atoms with Crippen LogP contribution in [0.2, 0.25) is 0 Å². The molecule has 0 N–H and O–H groups in total. The number of carbonyl (C=O) groups excluding carboxylic acids is 1. The van der Waals surface area contributed by atoms with Gasteiger partial charge in [0.05, 0.1) is 21.9 Å². The van der Waals surface area contributed by atoms with Gasteiger partial charge in [-0.25, -0.2) is 0 Å². The van der Waals surface area contributed by atoms with Gasteiger partial charge in [-0.1, -0.05) is 51.1 Å². The Kier molecular flexibility index (Phi) is 5.79. The summed E-state index contributed by atoms with van der Waals surface area (Å²) in [6.07, 6.45) is 1.80. The van der Waals surface area contributed by atoms with Gasteiger partial charge in [0.1, 0.15) is 11.5 Å². The van der Waals surface area contributed by atoms with Crippen LogP contribution in [0.15, 0.2) is 89.5 Å². The maximum atomic E-state index is 13.3. The summed E-state index contributed by atoms with van der Waals surface area (Å²) in [5, 5.41) is 16.8. The number of carbonyl (C=O) groups is 1. The molecule has 0 aliphatic carbocycles. The van der Waals surface area contributed by atoms with E-state index in [2.05, 4.69) is 5.10 Å². The second-order valence-corrected chi connectivity index (χ2v) is 8.63. The van der Waals surface area contributed by atoms with E-state index in [0.717, 1.165) is 11.3 Å². The molecule has 3 aromatic carbocycles. The number of ether oxygens (including phenoxy) is 1. The van der Waals surface area contributed by atoms with Crippen molar-refractivity contribution < 1.29 is 14.5 Å². The molecule has 0 fully saturated rings. The first-order chi connectivity index (χ1) is 15.7. The Hall–Kier alpha value is -4.26. The third-order valence-corrected chi connectivity index (χ3v) is 5.04. The first-order valence-electron chi connectivity index (χ1n) is 10.5. The number of nitro benzene ring substituents is 1. The molecule has 0 aromatic heterocycles. The van der Waals surface area contributed by atoms with E-state index in [9.17, 15) is 14.9 Å². The fraction of sp³-hybridized carbons (Fsp3) is 0.154. The SMILES string of the molecule is CC(C)(C)C1=NN(c2ccc([N+](=O)[O-])cc2)C(=O)C1=Cc1cccc(Oc2ccccc2)c1. The van der Waals surface area contributed by atoms with Crippen LogP contribution in [0.1, 0.15) is 26.3 Å². The highest BCUT2D eigenvalue weighted by Gasteiger charge is 2.37. The highest BCUT2D eigenvalue weighted by Crippen LogP contribution is 2.33. The van der Waals surface area contributed by atoms with Gasteiger partial charge in [0.15, 0.2) is 0 Å². The Bertz CT molecular complexity index is 1260. The van der Waals surface area contributed by atoms with Crippen LogP contribution >= 0.6 is 0 Å². The van der Waals surface area contributed by atoms with Gasteiger partial charge in [-0.2, -0.15) is 10.1 Å².